The summed E-state index contributed by atoms with van der Waals surface area (Å²) in [5, 5.41) is 21.4. The van der Waals surface area contributed by atoms with Gasteiger partial charge in [-0.1, -0.05) is 18.2 Å². The molecule has 1 unspecified atom stereocenters. The van der Waals surface area contributed by atoms with Crippen molar-refractivity contribution in [1.82, 2.24) is 4.90 Å². The van der Waals surface area contributed by atoms with Crippen molar-refractivity contribution >= 4 is 27.3 Å². The topological polar surface area (TPSA) is 124 Å². The molecular formula is C23H22F6N2O6S. The molecule has 0 radical (unpaired) electrons. The van der Waals surface area contributed by atoms with E-state index in [1.54, 1.807) is 0 Å². The molecule has 38 heavy (non-hydrogen) atoms. The molecule has 2 atom stereocenters. The number of nitrogens with one attached hydrogen (secondary N) is 1. The summed E-state index contributed by atoms with van der Waals surface area (Å²) in [6.45, 7) is 1.15. The van der Waals surface area contributed by atoms with E-state index in [0.717, 1.165) is 23.3 Å². The zero-order valence-electron chi connectivity index (χ0n) is 19.8. The van der Waals surface area contributed by atoms with Crippen LogP contribution in [0.5, 0.6) is 0 Å². The number of alkyl halides is 6. The number of hydrogen-bond donors (Lipinski definition) is 3. The molecule has 2 aromatic rings. The molecule has 1 aliphatic rings. The summed E-state index contributed by atoms with van der Waals surface area (Å²) in [5.41, 5.74) is -6.34. The van der Waals surface area contributed by atoms with Gasteiger partial charge in [-0.2, -0.15) is 26.3 Å². The first-order valence-electron chi connectivity index (χ1n) is 10.8. The van der Waals surface area contributed by atoms with Crippen molar-refractivity contribution in [2.75, 3.05) is 11.6 Å². The Labute approximate surface area is 212 Å². The molecule has 0 saturated heterocycles. The van der Waals surface area contributed by atoms with Gasteiger partial charge in [-0.05, 0) is 42.3 Å². The Morgan fingerprint density at radius 2 is 1.61 bits per heavy atom. The molecule has 0 fully saturated rings. The Bertz CT molecular complexity index is 1330. The Morgan fingerprint density at radius 3 is 2.08 bits per heavy atom. The van der Waals surface area contributed by atoms with E-state index in [4.69, 9.17) is 0 Å². The van der Waals surface area contributed by atoms with Crippen LogP contribution < -0.4 is 5.32 Å². The van der Waals surface area contributed by atoms with Crippen LogP contribution in [0.25, 0.3) is 0 Å². The van der Waals surface area contributed by atoms with E-state index in [9.17, 15) is 54.6 Å². The zero-order chi connectivity index (χ0) is 28.8. The summed E-state index contributed by atoms with van der Waals surface area (Å²) >= 11 is 0. The number of carbonyl (C=O) groups is 2. The maximum absolute atomic E-state index is 13.2. The second kappa shape index (κ2) is 9.85. The highest BCUT2D eigenvalue weighted by Crippen LogP contribution is 2.50. The fraction of sp³-hybridized carbons (Fsp3) is 0.391. The first-order valence-corrected chi connectivity index (χ1v) is 12.7. The highest BCUT2D eigenvalue weighted by Gasteiger charge is 2.71. The summed E-state index contributed by atoms with van der Waals surface area (Å²) < 4.78 is 103. The standard InChI is InChI=1S/C23H22F6N2O6S/c1-12(32)9-18(33)31-11-13-10-16(38(2,36)37)7-8-17(13)19(31)20(34)30-15-5-3-14(4-6-15)21(35,22(24,25)26)23(27,28)29/h3-8,10,12,19,32,35H,9,11H2,1-2H3,(H,30,34)/t12-,19?/m0/s1. The fourth-order valence-corrected chi connectivity index (χ4v) is 4.71. The number of carbonyl (C=O) groups excluding carboxylic acids is 2. The first kappa shape index (κ1) is 29.4. The monoisotopic (exact) mass is 568 g/mol. The fourth-order valence-electron chi connectivity index (χ4n) is 4.04. The predicted octanol–water partition coefficient (Wildman–Crippen LogP) is 3.20. The minimum atomic E-state index is -6.08. The van der Waals surface area contributed by atoms with Gasteiger partial charge >= 0.3 is 12.4 Å². The molecule has 0 aromatic heterocycles. The number of aliphatic hydroxyl groups excluding tert-OH is 1. The Kier molecular flexibility index (Phi) is 7.62. The Balaban J connectivity index is 1.95. The van der Waals surface area contributed by atoms with Crippen LogP contribution in [-0.4, -0.2) is 60.1 Å². The van der Waals surface area contributed by atoms with Gasteiger partial charge in [-0.15, -0.1) is 0 Å². The van der Waals surface area contributed by atoms with Crippen LogP contribution in [0.3, 0.4) is 0 Å². The van der Waals surface area contributed by atoms with Gasteiger partial charge < -0.3 is 20.4 Å². The third-order valence-corrected chi connectivity index (χ3v) is 7.03. The molecule has 1 heterocycles. The van der Waals surface area contributed by atoms with Crippen molar-refractivity contribution in [2.24, 2.45) is 0 Å². The number of benzene rings is 2. The van der Waals surface area contributed by atoms with Crippen molar-refractivity contribution < 1.29 is 54.6 Å². The lowest BCUT2D eigenvalue weighted by molar-refractivity contribution is -0.376. The van der Waals surface area contributed by atoms with Crippen LogP contribution in [0.15, 0.2) is 47.4 Å². The minimum Gasteiger partial charge on any atom is -0.393 e. The van der Waals surface area contributed by atoms with E-state index in [-0.39, 0.29) is 29.1 Å². The number of hydrogen-bond acceptors (Lipinski definition) is 6. The van der Waals surface area contributed by atoms with Gasteiger partial charge in [-0.3, -0.25) is 9.59 Å². The molecule has 208 valence electrons. The average Bonchev–Trinajstić information content (AvgIpc) is 3.15. The summed E-state index contributed by atoms with van der Waals surface area (Å²) in [4.78, 5) is 26.9. The normalized spacial score (nSPS) is 17.2. The molecule has 3 rings (SSSR count). The summed E-state index contributed by atoms with van der Waals surface area (Å²) in [5.74, 6) is -1.56. The highest BCUT2D eigenvalue weighted by atomic mass is 32.2. The number of nitrogens with zero attached hydrogens (tertiary/aromatic N) is 1. The van der Waals surface area contributed by atoms with Crippen molar-refractivity contribution in [3.8, 4) is 0 Å². The molecule has 15 heteroatoms. The van der Waals surface area contributed by atoms with Gasteiger partial charge in [0.05, 0.1) is 17.4 Å². The van der Waals surface area contributed by atoms with E-state index in [1.165, 1.54) is 25.1 Å². The highest BCUT2D eigenvalue weighted by molar-refractivity contribution is 7.90. The van der Waals surface area contributed by atoms with E-state index < -0.39 is 57.3 Å². The van der Waals surface area contributed by atoms with E-state index in [1.807, 2.05) is 0 Å². The Morgan fingerprint density at radius 1 is 1.05 bits per heavy atom. The second-order valence-corrected chi connectivity index (χ2v) is 10.9. The van der Waals surface area contributed by atoms with E-state index in [0.29, 0.717) is 17.7 Å². The molecule has 8 nitrogen and oxygen atoms in total. The van der Waals surface area contributed by atoms with E-state index in [2.05, 4.69) is 5.32 Å². The molecule has 0 bridgehead atoms. The van der Waals surface area contributed by atoms with Crippen LogP contribution in [0.1, 0.15) is 36.1 Å². The van der Waals surface area contributed by atoms with Gasteiger partial charge in [-0.25, -0.2) is 8.42 Å². The SMILES string of the molecule is C[C@H](O)CC(=O)N1Cc2cc(S(C)(=O)=O)ccc2C1C(=O)Nc1ccc(C(O)(C(F)(F)F)C(F)(F)F)cc1. The summed E-state index contributed by atoms with van der Waals surface area (Å²) in [6, 6.07) is 4.64. The lowest BCUT2D eigenvalue weighted by Crippen LogP contribution is -2.53. The average molecular weight is 568 g/mol. The third kappa shape index (κ3) is 5.49. The summed E-state index contributed by atoms with van der Waals surface area (Å²) in [7, 11) is -3.63. The maximum Gasteiger partial charge on any atom is 0.430 e. The van der Waals surface area contributed by atoms with E-state index >= 15 is 0 Å². The number of anilines is 1. The van der Waals surface area contributed by atoms with Crippen LogP contribution in [0.4, 0.5) is 32.0 Å². The van der Waals surface area contributed by atoms with Crippen LogP contribution >= 0.6 is 0 Å². The number of rotatable bonds is 6. The van der Waals surface area contributed by atoms with Crippen molar-refractivity contribution in [3.63, 3.8) is 0 Å². The molecule has 2 amide bonds. The third-order valence-electron chi connectivity index (χ3n) is 5.92. The lowest BCUT2D eigenvalue weighted by Gasteiger charge is -2.32. The predicted molar refractivity (Wildman–Crippen MR) is 120 cm³/mol. The van der Waals surface area contributed by atoms with Gasteiger partial charge in [0.25, 0.3) is 11.5 Å². The molecule has 0 saturated carbocycles. The number of halogens is 6. The molecular weight excluding hydrogens is 546 g/mol. The quantitative estimate of drug-likeness (QED) is 0.460. The van der Waals surface area contributed by atoms with Crippen molar-refractivity contribution in [3.05, 3.63) is 59.2 Å². The minimum absolute atomic E-state index is 0.0716. The van der Waals surface area contributed by atoms with Crippen molar-refractivity contribution in [1.29, 1.82) is 0 Å². The smallest absolute Gasteiger partial charge is 0.393 e. The van der Waals surface area contributed by atoms with Gasteiger partial charge in [0.1, 0.15) is 6.04 Å². The van der Waals surface area contributed by atoms with Crippen LogP contribution in [0.2, 0.25) is 0 Å². The second-order valence-electron chi connectivity index (χ2n) is 8.88. The Hall–Kier alpha value is -3.17. The molecule has 0 aliphatic carbocycles. The molecule has 1 aliphatic heterocycles. The number of aliphatic hydroxyl groups is 2. The number of fused-ring (bicyclic) bond motifs is 1. The van der Waals surface area contributed by atoms with Crippen molar-refractivity contribution in [2.45, 2.75) is 54.9 Å². The summed E-state index contributed by atoms with van der Waals surface area (Å²) in [6.07, 6.45) is -12.7. The first-order chi connectivity index (χ1) is 17.3. The molecule has 3 N–H and O–H groups in total. The van der Waals surface area contributed by atoms with Crippen LogP contribution in [0, 0.1) is 0 Å². The van der Waals surface area contributed by atoms with Gasteiger partial charge in [0, 0.05) is 24.1 Å². The number of amides is 2. The van der Waals surface area contributed by atoms with Gasteiger partial charge in [0.2, 0.25) is 5.91 Å². The zero-order valence-corrected chi connectivity index (χ0v) is 20.6. The largest absolute Gasteiger partial charge is 0.430 e. The molecule has 0 spiro atoms. The molecule has 2 aromatic carbocycles. The van der Waals surface area contributed by atoms with Gasteiger partial charge in [0.15, 0.2) is 9.84 Å². The maximum atomic E-state index is 13.2. The van der Waals surface area contributed by atoms with Crippen LogP contribution in [-0.2, 0) is 31.6 Å². The lowest BCUT2D eigenvalue weighted by atomic mass is 9.92. The number of sulfone groups is 1.